The molecular formula is C20H27N5. The molecule has 5 heteroatoms. The maximum Gasteiger partial charge on any atom is 0.156 e. The third kappa shape index (κ3) is 4.89. The van der Waals surface area contributed by atoms with Gasteiger partial charge in [-0.25, -0.2) is 4.99 Å². The Labute approximate surface area is 149 Å². The molecule has 1 aromatic heterocycles. The third-order valence-corrected chi connectivity index (χ3v) is 4.14. The molecule has 0 saturated heterocycles. The van der Waals surface area contributed by atoms with Gasteiger partial charge in [0.05, 0.1) is 5.52 Å². The summed E-state index contributed by atoms with van der Waals surface area (Å²) in [6.45, 7) is 10.4. The highest BCUT2D eigenvalue weighted by atomic mass is 15.4. The molecule has 2 N–H and O–H groups in total. The molecule has 1 heterocycles. The largest absolute Gasteiger partial charge is 0.404 e. The molecule has 1 atom stereocenters. The molecule has 25 heavy (non-hydrogen) atoms. The van der Waals surface area contributed by atoms with Gasteiger partial charge < -0.3 is 5.73 Å². The van der Waals surface area contributed by atoms with Crippen molar-refractivity contribution in [3.63, 3.8) is 0 Å². The molecule has 0 spiro atoms. The SMILES string of the molecule is C=C(\N=C(/C=C\C(C)=C\N)n1nnc2ccccc21)C(C)CCCC. The van der Waals surface area contributed by atoms with E-state index in [0.29, 0.717) is 11.8 Å². The highest BCUT2D eigenvalue weighted by Crippen LogP contribution is 2.18. The van der Waals surface area contributed by atoms with E-state index in [0.717, 1.165) is 28.7 Å². The number of para-hydroxylation sites is 1. The van der Waals surface area contributed by atoms with Crippen molar-refractivity contribution in [2.24, 2.45) is 16.6 Å². The lowest BCUT2D eigenvalue weighted by molar-refractivity contribution is 0.569. The van der Waals surface area contributed by atoms with Gasteiger partial charge in [0.25, 0.3) is 0 Å². The van der Waals surface area contributed by atoms with Crippen LogP contribution in [0.4, 0.5) is 0 Å². The summed E-state index contributed by atoms with van der Waals surface area (Å²) < 4.78 is 1.74. The van der Waals surface area contributed by atoms with Gasteiger partial charge in [0.15, 0.2) is 5.84 Å². The van der Waals surface area contributed by atoms with Crippen LogP contribution in [0.1, 0.15) is 40.0 Å². The smallest absolute Gasteiger partial charge is 0.156 e. The van der Waals surface area contributed by atoms with Crippen LogP contribution in [0.3, 0.4) is 0 Å². The Morgan fingerprint density at radius 1 is 1.36 bits per heavy atom. The number of nitrogens with zero attached hydrogens (tertiary/aromatic N) is 4. The zero-order chi connectivity index (χ0) is 18.2. The van der Waals surface area contributed by atoms with E-state index in [4.69, 9.17) is 10.7 Å². The van der Waals surface area contributed by atoms with E-state index in [-0.39, 0.29) is 0 Å². The molecule has 132 valence electrons. The van der Waals surface area contributed by atoms with Crippen LogP contribution in [-0.2, 0) is 0 Å². The van der Waals surface area contributed by atoms with Crippen LogP contribution in [0.25, 0.3) is 11.0 Å². The fourth-order valence-corrected chi connectivity index (χ4v) is 2.39. The Kier molecular flexibility index (Phi) is 6.69. The monoisotopic (exact) mass is 337 g/mol. The van der Waals surface area contributed by atoms with Gasteiger partial charge in [-0.2, -0.15) is 4.68 Å². The van der Waals surface area contributed by atoms with Crippen molar-refractivity contribution in [1.29, 1.82) is 0 Å². The lowest BCUT2D eigenvalue weighted by Crippen LogP contribution is -2.13. The minimum Gasteiger partial charge on any atom is -0.404 e. The van der Waals surface area contributed by atoms with E-state index in [9.17, 15) is 0 Å². The second kappa shape index (κ2) is 8.97. The van der Waals surface area contributed by atoms with Crippen LogP contribution in [0.2, 0.25) is 0 Å². The molecule has 0 radical (unpaired) electrons. The summed E-state index contributed by atoms with van der Waals surface area (Å²) in [5, 5.41) is 8.48. The Bertz CT molecular complexity index is 810. The average Bonchev–Trinajstić information content (AvgIpc) is 3.06. The summed E-state index contributed by atoms with van der Waals surface area (Å²) in [6, 6.07) is 7.83. The topological polar surface area (TPSA) is 69.1 Å². The summed E-state index contributed by atoms with van der Waals surface area (Å²) in [4.78, 5) is 4.76. The molecule has 0 fully saturated rings. The zero-order valence-electron chi connectivity index (χ0n) is 15.3. The van der Waals surface area contributed by atoms with E-state index >= 15 is 0 Å². The first-order chi connectivity index (χ1) is 12.1. The summed E-state index contributed by atoms with van der Waals surface area (Å²) in [6.07, 6.45) is 8.79. The van der Waals surface area contributed by atoms with Gasteiger partial charge in [-0.3, -0.25) is 0 Å². The van der Waals surface area contributed by atoms with Crippen molar-refractivity contribution in [2.75, 3.05) is 0 Å². The zero-order valence-corrected chi connectivity index (χ0v) is 15.3. The molecule has 0 amide bonds. The number of nitrogens with two attached hydrogens (primary N) is 1. The van der Waals surface area contributed by atoms with Gasteiger partial charge in [0.1, 0.15) is 5.52 Å². The van der Waals surface area contributed by atoms with Gasteiger partial charge in [-0.05, 0) is 49.2 Å². The van der Waals surface area contributed by atoms with Crippen LogP contribution < -0.4 is 5.73 Å². The molecule has 0 saturated carbocycles. The second-order valence-corrected chi connectivity index (χ2v) is 6.24. The van der Waals surface area contributed by atoms with E-state index in [1.807, 2.05) is 43.3 Å². The summed E-state index contributed by atoms with van der Waals surface area (Å²) in [5.74, 6) is 1.01. The molecule has 5 nitrogen and oxygen atoms in total. The van der Waals surface area contributed by atoms with E-state index in [1.54, 1.807) is 10.9 Å². The van der Waals surface area contributed by atoms with Crippen molar-refractivity contribution >= 4 is 16.9 Å². The maximum absolute atomic E-state index is 5.57. The van der Waals surface area contributed by atoms with Gasteiger partial charge >= 0.3 is 0 Å². The second-order valence-electron chi connectivity index (χ2n) is 6.24. The molecule has 2 rings (SSSR count). The van der Waals surface area contributed by atoms with Crippen molar-refractivity contribution in [3.8, 4) is 0 Å². The number of rotatable bonds is 7. The van der Waals surface area contributed by atoms with E-state index in [1.165, 1.54) is 12.8 Å². The molecule has 0 aliphatic rings. The molecule has 0 aliphatic carbocycles. The van der Waals surface area contributed by atoms with Crippen LogP contribution in [-0.4, -0.2) is 20.8 Å². The normalized spacial score (nSPS) is 14.4. The lowest BCUT2D eigenvalue weighted by atomic mass is 10.0. The Balaban J connectivity index is 2.41. The molecule has 2 aromatic rings. The minimum atomic E-state index is 0.323. The van der Waals surface area contributed by atoms with Crippen LogP contribution in [0.15, 0.2) is 65.5 Å². The number of aliphatic imine (C=N–C) groups is 1. The fraction of sp³-hybridized carbons (Fsp3) is 0.350. The third-order valence-electron chi connectivity index (χ3n) is 4.14. The number of aromatic nitrogens is 3. The first-order valence-electron chi connectivity index (χ1n) is 8.71. The highest BCUT2D eigenvalue weighted by Gasteiger charge is 2.11. The van der Waals surface area contributed by atoms with Crippen molar-refractivity contribution in [2.45, 2.75) is 40.0 Å². The standard InChI is InChI=1S/C20H27N5/c1-5-6-9-16(3)17(4)22-20(13-12-15(2)14-21)25-19-11-8-7-10-18(19)23-24-25/h7-8,10-14,16H,4-6,9,21H2,1-3H3/b13-12-,15-14+,22-20+. The first kappa shape index (κ1) is 18.6. The van der Waals surface area contributed by atoms with Crippen LogP contribution >= 0.6 is 0 Å². The first-order valence-corrected chi connectivity index (χ1v) is 8.71. The lowest BCUT2D eigenvalue weighted by Gasteiger charge is -2.12. The molecule has 0 aliphatic heterocycles. The number of allylic oxidation sites excluding steroid dienone is 4. The fourth-order valence-electron chi connectivity index (χ4n) is 2.39. The van der Waals surface area contributed by atoms with Gasteiger partial charge in [0.2, 0.25) is 0 Å². The number of fused-ring (bicyclic) bond motifs is 1. The predicted molar refractivity (Wildman–Crippen MR) is 105 cm³/mol. The van der Waals surface area contributed by atoms with Crippen molar-refractivity contribution in [1.82, 2.24) is 15.0 Å². The number of benzene rings is 1. The average molecular weight is 337 g/mol. The predicted octanol–water partition coefficient (Wildman–Crippen LogP) is 4.44. The quantitative estimate of drug-likeness (QED) is 0.461. The van der Waals surface area contributed by atoms with Crippen molar-refractivity contribution < 1.29 is 0 Å². The van der Waals surface area contributed by atoms with Crippen molar-refractivity contribution in [3.05, 3.63) is 60.5 Å². The number of unbranched alkanes of at least 4 members (excludes halogenated alkanes) is 1. The van der Waals surface area contributed by atoms with Crippen LogP contribution in [0, 0.1) is 5.92 Å². The Hall–Kier alpha value is -2.69. The molecule has 0 bridgehead atoms. The highest BCUT2D eigenvalue weighted by molar-refractivity contribution is 6.00. The summed E-state index contributed by atoms with van der Waals surface area (Å²) >= 11 is 0. The summed E-state index contributed by atoms with van der Waals surface area (Å²) in [7, 11) is 0. The van der Waals surface area contributed by atoms with Gasteiger partial charge in [0, 0.05) is 5.70 Å². The number of hydrogen-bond acceptors (Lipinski definition) is 4. The minimum absolute atomic E-state index is 0.323. The van der Waals surface area contributed by atoms with Gasteiger partial charge in [-0.15, -0.1) is 5.10 Å². The Morgan fingerprint density at radius 2 is 2.12 bits per heavy atom. The van der Waals surface area contributed by atoms with E-state index < -0.39 is 0 Å². The Morgan fingerprint density at radius 3 is 2.84 bits per heavy atom. The van der Waals surface area contributed by atoms with Gasteiger partial charge in [-0.1, -0.05) is 56.7 Å². The number of hydrogen-bond donors (Lipinski definition) is 1. The molecule has 1 aromatic carbocycles. The molecule has 1 unspecified atom stereocenters. The van der Waals surface area contributed by atoms with E-state index in [2.05, 4.69) is 30.7 Å². The van der Waals surface area contributed by atoms with Crippen LogP contribution in [0.5, 0.6) is 0 Å². The summed E-state index contributed by atoms with van der Waals surface area (Å²) in [5.41, 5.74) is 9.11. The maximum atomic E-state index is 5.57. The molecular weight excluding hydrogens is 310 g/mol.